The summed E-state index contributed by atoms with van der Waals surface area (Å²) in [5.74, 6) is -0.725. The van der Waals surface area contributed by atoms with Gasteiger partial charge in [-0.2, -0.15) is 0 Å². The molecule has 144 valence electrons. The van der Waals surface area contributed by atoms with Gasteiger partial charge in [0, 0.05) is 0 Å². The van der Waals surface area contributed by atoms with Gasteiger partial charge in [0.15, 0.2) is 0 Å². The largest absolute Gasteiger partial charge is 0.347 e. The third kappa shape index (κ3) is 3.21. The van der Waals surface area contributed by atoms with E-state index < -0.39 is 17.9 Å². The molecule has 28 heavy (non-hydrogen) atoms. The molecule has 2 atom stereocenters. The second-order valence-electron chi connectivity index (χ2n) is 7.64. The number of benzene rings is 2. The number of hydrogen-bond acceptors (Lipinski definition) is 3. The number of hydrogen-bond donors (Lipinski definition) is 1. The first-order valence-electron chi connectivity index (χ1n) is 9.90. The van der Waals surface area contributed by atoms with Crippen molar-refractivity contribution in [1.82, 2.24) is 10.2 Å². The van der Waals surface area contributed by atoms with Crippen LogP contribution >= 0.6 is 0 Å². The number of nitrogens with zero attached hydrogens (tertiary/aromatic N) is 1. The molecule has 1 heterocycles. The normalized spacial score (nSPS) is 18.8. The van der Waals surface area contributed by atoms with Gasteiger partial charge in [-0.15, -0.1) is 0 Å². The fraction of sp³-hybridized carbons (Fsp3) is 0.348. The minimum atomic E-state index is -0.861. The molecule has 1 aliphatic carbocycles. The van der Waals surface area contributed by atoms with Gasteiger partial charge in [-0.25, -0.2) is 0 Å². The average Bonchev–Trinajstić information content (AvgIpc) is 3.34. The van der Waals surface area contributed by atoms with Crippen molar-refractivity contribution in [2.24, 2.45) is 5.92 Å². The van der Waals surface area contributed by atoms with E-state index in [4.69, 9.17) is 0 Å². The Morgan fingerprint density at radius 3 is 2.04 bits per heavy atom. The van der Waals surface area contributed by atoms with Crippen molar-refractivity contribution < 1.29 is 14.4 Å². The van der Waals surface area contributed by atoms with E-state index in [1.165, 1.54) is 0 Å². The number of carbonyl (C=O) groups is 3. The summed E-state index contributed by atoms with van der Waals surface area (Å²) < 4.78 is 0. The molecule has 4 rings (SSSR count). The molecule has 5 heteroatoms. The number of rotatable bonds is 5. The minimum Gasteiger partial charge on any atom is -0.347 e. The zero-order valence-corrected chi connectivity index (χ0v) is 15.9. The lowest BCUT2D eigenvalue weighted by Crippen LogP contribution is -2.49. The molecule has 5 nitrogen and oxygen atoms in total. The van der Waals surface area contributed by atoms with Crippen molar-refractivity contribution in [3.05, 3.63) is 71.3 Å². The third-order valence-corrected chi connectivity index (χ3v) is 5.92. The second-order valence-corrected chi connectivity index (χ2v) is 7.64. The summed E-state index contributed by atoms with van der Waals surface area (Å²) in [6.45, 7) is 1.62. The molecule has 2 aliphatic rings. The lowest BCUT2D eigenvalue weighted by Gasteiger charge is -2.29. The SMILES string of the molecule is C[C@@H](C(=O)N[C@H](c1ccccc1)C1CCCC1)N1C(=O)c2ccccc2C1=O. The lowest BCUT2D eigenvalue weighted by molar-refractivity contribution is -0.125. The predicted octanol–water partition coefficient (Wildman–Crippen LogP) is 3.72. The Labute approximate surface area is 164 Å². The Bertz CT molecular complexity index is 868. The Balaban J connectivity index is 1.55. The number of carbonyl (C=O) groups excluding carboxylic acids is 3. The maximum atomic E-state index is 13.1. The van der Waals surface area contributed by atoms with E-state index in [2.05, 4.69) is 5.32 Å². The Hall–Kier alpha value is -2.95. The number of nitrogens with one attached hydrogen (secondary N) is 1. The van der Waals surface area contributed by atoms with Crippen LogP contribution in [0.15, 0.2) is 54.6 Å². The molecule has 0 spiro atoms. The quantitative estimate of drug-likeness (QED) is 0.809. The Kier molecular flexibility index (Phi) is 4.99. The molecule has 3 amide bonds. The summed E-state index contributed by atoms with van der Waals surface area (Å²) in [5, 5.41) is 3.13. The molecule has 0 radical (unpaired) electrons. The van der Waals surface area contributed by atoms with Gasteiger partial charge in [0.2, 0.25) is 5.91 Å². The van der Waals surface area contributed by atoms with E-state index in [1.807, 2.05) is 30.3 Å². The van der Waals surface area contributed by atoms with Gasteiger partial charge in [-0.05, 0) is 43.4 Å². The standard InChI is InChI=1S/C23H24N2O3/c1-15(25-22(27)18-13-7-8-14-19(18)23(25)28)21(26)24-20(17-11-5-6-12-17)16-9-3-2-4-10-16/h2-4,7-10,13-15,17,20H,5-6,11-12H2,1H3,(H,24,26)/t15-,20+/m0/s1. The van der Waals surface area contributed by atoms with Gasteiger partial charge in [0.25, 0.3) is 11.8 Å². The monoisotopic (exact) mass is 376 g/mol. The first kappa shape index (κ1) is 18.4. The van der Waals surface area contributed by atoms with Gasteiger partial charge < -0.3 is 5.32 Å². The van der Waals surface area contributed by atoms with E-state index in [1.54, 1.807) is 31.2 Å². The van der Waals surface area contributed by atoms with Crippen molar-refractivity contribution in [1.29, 1.82) is 0 Å². The number of imide groups is 1. The van der Waals surface area contributed by atoms with Crippen LogP contribution < -0.4 is 5.32 Å². The van der Waals surface area contributed by atoms with Crippen LogP contribution in [0.5, 0.6) is 0 Å². The molecule has 1 saturated carbocycles. The van der Waals surface area contributed by atoms with Crippen LogP contribution in [0.3, 0.4) is 0 Å². The van der Waals surface area contributed by atoms with E-state index in [0.29, 0.717) is 17.0 Å². The van der Waals surface area contributed by atoms with Gasteiger partial charge in [-0.1, -0.05) is 55.3 Å². The van der Waals surface area contributed by atoms with Gasteiger partial charge in [0.05, 0.1) is 17.2 Å². The van der Waals surface area contributed by atoms with Crippen LogP contribution in [0.25, 0.3) is 0 Å². The molecule has 1 fully saturated rings. The average molecular weight is 376 g/mol. The van der Waals surface area contributed by atoms with E-state index in [0.717, 1.165) is 36.1 Å². The summed E-state index contributed by atoms with van der Waals surface area (Å²) >= 11 is 0. The molecule has 0 bridgehead atoms. The molecule has 1 aliphatic heterocycles. The summed E-state index contributed by atoms with van der Waals surface area (Å²) in [5.41, 5.74) is 1.79. The number of amides is 3. The lowest BCUT2D eigenvalue weighted by atomic mass is 9.91. The van der Waals surface area contributed by atoms with Crippen molar-refractivity contribution >= 4 is 17.7 Å². The topological polar surface area (TPSA) is 66.5 Å². The van der Waals surface area contributed by atoms with E-state index in [9.17, 15) is 14.4 Å². The van der Waals surface area contributed by atoms with Gasteiger partial charge in [0.1, 0.15) is 6.04 Å². The fourth-order valence-corrected chi connectivity index (χ4v) is 4.38. The second kappa shape index (κ2) is 7.58. The summed E-state index contributed by atoms with van der Waals surface area (Å²) in [6.07, 6.45) is 4.47. The summed E-state index contributed by atoms with van der Waals surface area (Å²) in [6, 6.07) is 15.7. The predicted molar refractivity (Wildman–Crippen MR) is 106 cm³/mol. The summed E-state index contributed by atoms with van der Waals surface area (Å²) in [7, 11) is 0. The highest BCUT2D eigenvalue weighted by Gasteiger charge is 2.41. The molecular formula is C23H24N2O3. The van der Waals surface area contributed by atoms with Crippen LogP contribution in [0, 0.1) is 5.92 Å². The summed E-state index contributed by atoms with van der Waals surface area (Å²) in [4.78, 5) is 39.5. The minimum absolute atomic E-state index is 0.103. The van der Waals surface area contributed by atoms with Gasteiger partial charge in [-0.3, -0.25) is 19.3 Å². The molecule has 2 aromatic carbocycles. The molecule has 2 aromatic rings. The molecule has 0 aromatic heterocycles. The first-order chi connectivity index (χ1) is 13.6. The van der Waals surface area contributed by atoms with Crippen LogP contribution in [0.4, 0.5) is 0 Å². The van der Waals surface area contributed by atoms with E-state index >= 15 is 0 Å². The first-order valence-corrected chi connectivity index (χ1v) is 9.90. The Morgan fingerprint density at radius 2 is 1.46 bits per heavy atom. The van der Waals surface area contributed by atoms with Crippen molar-refractivity contribution in [3.8, 4) is 0 Å². The van der Waals surface area contributed by atoms with E-state index in [-0.39, 0.29) is 11.9 Å². The molecular weight excluding hydrogens is 352 g/mol. The van der Waals surface area contributed by atoms with Crippen LogP contribution in [-0.4, -0.2) is 28.7 Å². The zero-order chi connectivity index (χ0) is 19.7. The smallest absolute Gasteiger partial charge is 0.262 e. The van der Waals surface area contributed by atoms with Crippen LogP contribution in [0.2, 0.25) is 0 Å². The highest BCUT2D eigenvalue weighted by atomic mass is 16.2. The van der Waals surface area contributed by atoms with Crippen LogP contribution in [-0.2, 0) is 4.79 Å². The molecule has 0 unspecified atom stereocenters. The van der Waals surface area contributed by atoms with Crippen molar-refractivity contribution in [2.75, 3.05) is 0 Å². The zero-order valence-electron chi connectivity index (χ0n) is 15.9. The van der Waals surface area contributed by atoms with Crippen LogP contribution in [0.1, 0.15) is 64.9 Å². The van der Waals surface area contributed by atoms with Gasteiger partial charge >= 0.3 is 0 Å². The maximum absolute atomic E-state index is 13.1. The van der Waals surface area contributed by atoms with Crippen molar-refractivity contribution in [2.45, 2.75) is 44.7 Å². The maximum Gasteiger partial charge on any atom is 0.262 e. The van der Waals surface area contributed by atoms with Crippen molar-refractivity contribution in [3.63, 3.8) is 0 Å². The molecule has 1 N–H and O–H groups in total. The molecule has 0 saturated heterocycles. The third-order valence-electron chi connectivity index (χ3n) is 5.92. The Morgan fingerprint density at radius 1 is 0.929 bits per heavy atom. The highest BCUT2D eigenvalue weighted by Crippen LogP contribution is 2.36. The highest BCUT2D eigenvalue weighted by molar-refractivity contribution is 6.22. The number of fused-ring (bicyclic) bond motifs is 1. The fourth-order valence-electron chi connectivity index (χ4n) is 4.38.